The number of hydrogen-bond donors (Lipinski definition) is 4. The number of carbonyl (C=O) groups excluding carboxylic acids is 1. The molecule has 2 rings (SSSR count). The van der Waals surface area contributed by atoms with E-state index < -0.39 is 18.1 Å². The van der Waals surface area contributed by atoms with Gasteiger partial charge in [-0.05, 0) is 48.0 Å². The Kier molecular flexibility index (Phi) is 10.6. The number of thioether (sulfide) groups is 1. The number of carbonyl (C=O) groups is 2. The maximum atomic E-state index is 13.0. The number of carboxylic acids is 1. The largest absolute Gasteiger partial charge is 0.480 e. The lowest BCUT2D eigenvalue weighted by Crippen LogP contribution is -2.54. The summed E-state index contributed by atoms with van der Waals surface area (Å²) >= 11 is 1.67. The van der Waals surface area contributed by atoms with Crippen LogP contribution in [0.25, 0.3) is 10.8 Å². The van der Waals surface area contributed by atoms with E-state index in [1.54, 1.807) is 11.8 Å². The molecule has 0 bridgehead atoms. The van der Waals surface area contributed by atoms with Crippen LogP contribution < -0.4 is 16.8 Å². The van der Waals surface area contributed by atoms with Crippen LogP contribution in [0.5, 0.6) is 0 Å². The van der Waals surface area contributed by atoms with Crippen LogP contribution in [-0.2, 0) is 9.59 Å². The van der Waals surface area contributed by atoms with E-state index in [1.807, 2.05) is 49.4 Å². The molecule has 0 saturated carbocycles. The molecule has 0 aliphatic rings. The number of anilines is 1. The van der Waals surface area contributed by atoms with Crippen molar-refractivity contribution >= 4 is 40.1 Å². The van der Waals surface area contributed by atoms with Crippen molar-refractivity contribution < 1.29 is 14.7 Å². The fourth-order valence-electron chi connectivity index (χ4n) is 3.42. The van der Waals surface area contributed by atoms with Crippen LogP contribution in [0.3, 0.4) is 0 Å². The van der Waals surface area contributed by atoms with Gasteiger partial charge in [-0.15, -0.1) is 0 Å². The Morgan fingerprint density at radius 2 is 1.90 bits per heavy atom. The van der Waals surface area contributed by atoms with Gasteiger partial charge >= 0.3 is 5.97 Å². The molecule has 1 amide bonds. The zero-order chi connectivity index (χ0) is 22.6. The highest BCUT2D eigenvalue weighted by molar-refractivity contribution is 7.99. The summed E-state index contributed by atoms with van der Waals surface area (Å²) in [6.07, 6.45) is 2.03. The molecule has 2 aromatic carbocycles. The third kappa shape index (κ3) is 7.72. The second kappa shape index (κ2) is 13.2. The van der Waals surface area contributed by atoms with Gasteiger partial charge in [0.25, 0.3) is 0 Å². The van der Waals surface area contributed by atoms with Crippen molar-refractivity contribution in [3.63, 3.8) is 0 Å². The molecule has 0 saturated heterocycles. The summed E-state index contributed by atoms with van der Waals surface area (Å²) in [7, 11) is 0. The number of nitrogens with zero attached hydrogens (tertiary/aromatic N) is 1. The average Bonchev–Trinajstić information content (AvgIpc) is 2.77. The highest BCUT2D eigenvalue weighted by Crippen LogP contribution is 2.19. The number of carboxylic acid groups (broad SMARTS) is 1. The predicted octanol–water partition coefficient (Wildman–Crippen LogP) is 2.74. The molecular weight excluding hydrogens is 412 g/mol. The molecular formula is C23H34N4O3S. The number of aliphatic carboxylic acids is 1. The Morgan fingerprint density at radius 3 is 2.58 bits per heavy atom. The van der Waals surface area contributed by atoms with Gasteiger partial charge < -0.3 is 26.8 Å². The lowest BCUT2D eigenvalue weighted by Gasteiger charge is -2.31. The molecule has 2 aromatic rings. The van der Waals surface area contributed by atoms with Crippen LogP contribution >= 0.6 is 11.8 Å². The van der Waals surface area contributed by atoms with Crippen LogP contribution in [0, 0.1) is 0 Å². The fourth-order valence-corrected chi connectivity index (χ4v) is 4.03. The Hall–Kier alpha value is -2.29. The Bertz CT molecular complexity index is 848. The van der Waals surface area contributed by atoms with Crippen molar-refractivity contribution in [2.45, 2.75) is 38.3 Å². The minimum atomic E-state index is -1.04. The lowest BCUT2D eigenvalue weighted by atomic mass is 10.1. The standard InChI is InChI=1S/C23H34N4O3S/c1-2-31-14-13-27(22(28)20(25)9-5-6-12-24)21(23(29)30)16-26-19-11-10-17-7-3-4-8-18(17)15-19/h3-4,7-8,10-11,15,20-21,26H,2,5-6,9,12-14,16,24-25H2,1H3,(H,29,30)/t20-,21+/m1/s1. The summed E-state index contributed by atoms with van der Waals surface area (Å²) in [5.74, 6) is 0.202. The van der Waals surface area contributed by atoms with Crippen molar-refractivity contribution in [2.75, 3.05) is 36.5 Å². The van der Waals surface area contributed by atoms with E-state index in [0.29, 0.717) is 25.3 Å². The minimum absolute atomic E-state index is 0.103. The molecule has 0 aromatic heterocycles. The quantitative estimate of drug-likeness (QED) is 0.329. The molecule has 7 nitrogen and oxygen atoms in total. The molecule has 2 atom stereocenters. The number of unbranched alkanes of at least 4 members (excludes halogenated alkanes) is 1. The zero-order valence-corrected chi connectivity index (χ0v) is 18.9. The van der Waals surface area contributed by atoms with Crippen molar-refractivity contribution in [1.29, 1.82) is 0 Å². The topological polar surface area (TPSA) is 122 Å². The SMILES string of the molecule is CCSCCN(C(=O)[C@H](N)CCCCN)[C@@H](CNc1ccc2ccccc2c1)C(=O)O. The number of nitrogens with two attached hydrogens (primary N) is 2. The number of fused-ring (bicyclic) bond motifs is 1. The Morgan fingerprint density at radius 1 is 1.16 bits per heavy atom. The first-order valence-electron chi connectivity index (χ1n) is 10.8. The molecule has 0 fully saturated rings. The Labute approximate surface area is 188 Å². The van der Waals surface area contributed by atoms with E-state index in [-0.39, 0.29) is 12.5 Å². The monoisotopic (exact) mass is 446 g/mol. The van der Waals surface area contributed by atoms with E-state index in [9.17, 15) is 14.7 Å². The maximum Gasteiger partial charge on any atom is 0.328 e. The maximum absolute atomic E-state index is 13.0. The van der Waals surface area contributed by atoms with E-state index >= 15 is 0 Å². The third-order valence-electron chi connectivity index (χ3n) is 5.16. The molecule has 170 valence electrons. The molecule has 0 heterocycles. The number of hydrogen-bond acceptors (Lipinski definition) is 6. The first-order valence-corrected chi connectivity index (χ1v) is 11.9. The lowest BCUT2D eigenvalue weighted by molar-refractivity contribution is -0.150. The summed E-state index contributed by atoms with van der Waals surface area (Å²) in [6, 6.07) is 12.1. The minimum Gasteiger partial charge on any atom is -0.480 e. The zero-order valence-electron chi connectivity index (χ0n) is 18.1. The van der Waals surface area contributed by atoms with E-state index in [4.69, 9.17) is 11.5 Å². The molecule has 0 radical (unpaired) electrons. The van der Waals surface area contributed by atoms with Gasteiger partial charge in [-0.2, -0.15) is 11.8 Å². The van der Waals surface area contributed by atoms with Gasteiger partial charge in [-0.3, -0.25) is 4.79 Å². The molecule has 0 aliphatic carbocycles. The predicted molar refractivity (Wildman–Crippen MR) is 129 cm³/mol. The van der Waals surface area contributed by atoms with Crippen molar-refractivity contribution in [3.8, 4) is 0 Å². The van der Waals surface area contributed by atoms with E-state index in [1.165, 1.54) is 4.90 Å². The summed E-state index contributed by atoms with van der Waals surface area (Å²) in [5, 5.41) is 15.3. The van der Waals surface area contributed by atoms with Gasteiger partial charge in [0.1, 0.15) is 6.04 Å². The molecule has 0 aliphatic heterocycles. The number of amides is 1. The van der Waals surface area contributed by atoms with Crippen LogP contribution in [0.15, 0.2) is 42.5 Å². The van der Waals surface area contributed by atoms with E-state index in [2.05, 4.69) is 5.32 Å². The normalized spacial score (nSPS) is 13.0. The summed E-state index contributed by atoms with van der Waals surface area (Å²) in [6.45, 7) is 3.03. The Balaban J connectivity index is 2.13. The van der Waals surface area contributed by atoms with Gasteiger partial charge in [0.05, 0.1) is 6.04 Å². The van der Waals surface area contributed by atoms with Crippen molar-refractivity contribution in [2.24, 2.45) is 11.5 Å². The third-order valence-corrected chi connectivity index (χ3v) is 6.04. The van der Waals surface area contributed by atoms with Gasteiger partial charge in [-0.1, -0.05) is 43.7 Å². The van der Waals surface area contributed by atoms with E-state index in [0.717, 1.165) is 35.1 Å². The van der Waals surface area contributed by atoms with Gasteiger partial charge in [0.15, 0.2) is 0 Å². The molecule has 0 unspecified atom stereocenters. The van der Waals surface area contributed by atoms with Gasteiger partial charge in [0.2, 0.25) is 5.91 Å². The highest BCUT2D eigenvalue weighted by Gasteiger charge is 2.32. The summed E-state index contributed by atoms with van der Waals surface area (Å²) < 4.78 is 0. The fraction of sp³-hybridized carbons (Fsp3) is 0.478. The number of nitrogens with one attached hydrogen (secondary N) is 1. The summed E-state index contributed by atoms with van der Waals surface area (Å²) in [5.41, 5.74) is 12.5. The number of rotatable bonds is 14. The second-order valence-corrected chi connectivity index (χ2v) is 8.81. The smallest absolute Gasteiger partial charge is 0.328 e. The molecule has 6 N–H and O–H groups in total. The molecule has 31 heavy (non-hydrogen) atoms. The van der Waals surface area contributed by atoms with Gasteiger partial charge in [-0.25, -0.2) is 4.79 Å². The summed E-state index contributed by atoms with van der Waals surface area (Å²) in [4.78, 5) is 26.6. The first kappa shape index (κ1) is 25.0. The van der Waals surface area contributed by atoms with Crippen LogP contribution in [-0.4, -0.2) is 65.1 Å². The van der Waals surface area contributed by atoms with Gasteiger partial charge in [0, 0.05) is 24.5 Å². The first-order chi connectivity index (χ1) is 15.0. The van der Waals surface area contributed by atoms with Crippen molar-refractivity contribution in [1.82, 2.24) is 4.90 Å². The van der Waals surface area contributed by atoms with Crippen LogP contribution in [0.1, 0.15) is 26.2 Å². The number of benzene rings is 2. The average molecular weight is 447 g/mol. The van der Waals surface area contributed by atoms with Crippen LogP contribution in [0.2, 0.25) is 0 Å². The second-order valence-electron chi connectivity index (χ2n) is 7.42. The van der Waals surface area contributed by atoms with Crippen molar-refractivity contribution in [3.05, 3.63) is 42.5 Å². The highest BCUT2D eigenvalue weighted by atomic mass is 32.2. The molecule has 8 heteroatoms. The molecule has 0 spiro atoms. The van der Waals surface area contributed by atoms with Crippen LogP contribution in [0.4, 0.5) is 5.69 Å².